The molecule has 3 rings (SSSR count). The summed E-state index contributed by atoms with van der Waals surface area (Å²) < 4.78 is 9.45. The molecule has 0 saturated carbocycles. The molecule has 3 aromatic rings. The Labute approximate surface area is 116 Å². The van der Waals surface area contributed by atoms with E-state index >= 15 is 0 Å². The van der Waals surface area contributed by atoms with E-state index in [1.165, 1.54) is 11.7 Å². The monoisotopic (exact) mass is 315 g/mol. The second-order valence-corrected chi connectivity index (χ2v) is 4.93. The first-order chi connectivity index (χ1) is 8.84. The van der Waals surface area contributed by atoms with Gasteiger partial charge in [-0.15, -0.1) is 0 Å². The highest BCUT2D eigenvalue weighted by molar-refractivity contribution is 9.10. The van der Waals surface area contributed by atoms with Crippen LogP contribution in [-0.4, -0.2) is 13.7 Å². The molecule has 0 N–H and O–H groups in total. The molecule has 18 heavy (non-hydrogen) atoms. The Morgan fingerprint density at radius 1 is 1.06 bits per heavy atom. The van der Waals surface area contributed by atoms with E-state index in [0.29, 0.717) is 0 Å². The summed E-state index contributed by atoms with van der Waals surface area (Å²) in [5.74, 6) is 6.18. The quantitative estimate of drug-likeness (QED) is 0.598. The fourth-order valence-corrected chi connectivity index (χ4v) is 2.61. The van der Waals surface area contributed by atoms with Crippen LogP contribution >= 0.6 is 27.7 Å². The van der Waals surface area contributed by atoms with Crippen LogP contribution in [-0.2, 0) is 0 Å². The average Bonchev–Trinajstić information content (AvgIpc) is 2.90. The lowest BCUT2D eigenvalue weighted by Crippen LogP contribution is -1.81. The number of hydrogen-bond acceptors (Lipinski definition) is 4. The van der Waals surface area contributed by atoms with Crippen molar-refractivity contribution < 1.29 is 0 Å². The van der Waals surface area contributed by atoms with Gasteiger partial charge in [-0.05, 0) is 40.2 Å². The highest BCUT2D eigenvalue weighted by atomic mass is 79.9. The van der Waals surface area contributed by atoms with Crippen LogP contribution < -0.4 is 0 Å². The van der Waals surface area contributed by atoms with Crippen LogP contribution in [0.15, 0.2) is 41.1 Å². The molecule has 0 aliphatic heterocycles. The van der Waals surface area contributed by atoms with Crippen molar-refractivity contribution in [3.63, 3.8) is 0 Å². The number of hydrogen-bond donors (Lipinski definition) is 0. The maximum atomic E-state index is 4.27. The number of fused-ring (bicyclic) bond motifs is 1. The summed E-state index contributed by atoms with van der Waals surface area (Å²) >= 11 is 4.64. The molecule has 0 fully saturated rings. The van der Waals surface area contributed by atoms with Crippen LogP contribution in [0.1, 0.15) is 11.1 Å². The van der Waals surface area contributed by atoms with E-state index < -0.39 is 0 Å². The van der Waals surface area contributed by atoms with Gasteiger partial charge in [-0.2, -0.15) is 8.75 Å². The van der Waals surface area contributed by atoms with Gasteiger partial charge in [-0.1, -0.05) is 11.8 Å². The highest BCUT2D eigenvalue weighted by Crippen LogP contribution is 2.24. The third kappa shape index (κ3) is 2.13. The molecule has 2 aromatic heterocycles. The summed E-state index contributed by atoms with van der Waals surface area (Å²) in [5, 5.41) is 0. The summed E-state index contributed by atoms with van der Waals surface area (Å²) in [5.41, 5.74) is 3.46. The molecule has 0 aliphatic carbocycles. The van der Waals surface area contributed by atoms with Crippen molar-refractivity contribution in [2.24, 2.45) is 0 Å². The van der Waals surface area contributed by atoms with Gasteiger partial charge in [-0.25, -0.2) is 0 Å². The van der Waals surface area contributed by atoms with E-state index in [2.05, 4.69) is 41.5 Å². The van der Waals surface area contributed by atoms with Gasteiger partial charge in [0.25, 0.3) is 0 Å². The third-order valence-corrected chi connectivity index (χ3v) is 3.54. The zero-order chi connectivity index (χ0) is 12.4. The van der Waals surface area contributed by atoms with Crippen LogP contribution in [0.5, 0.6) is 0 Å². The molecule has 0 unspecified atom stereocenters. The van der Waals surface area contributed by atoms with Crippen molar-refractivity contribution >= 4 is 38.7 Å². The first-order valence-corrected chi connectivity index (χ1v) is 6.70. The number of halogens is 1. The Bertz CT molecular complexity index is 756. The van der Waals surface area contributed by atoms with Crippen molar-refractivity contribution in [3.8, 4) is 11.8 Å². The van der Waals surface area contributed by atoms with Gasteiger partial charge in [0.2, 0.25) is 0 Å². The molecule has 0 atom stereocenters. The second-order valence-electron chi connectivity index (χ2n) is 3.55. The Balaban J connectivity index is 2.09. The number of rotatable bonds is 0. The molecule has 0 radical (unpaired) electrons. The fourth-order valence-electron chi connectivity index (χ4n) is 1.51. The molecule has 2 heterocycles. The first kappa shape index (κ1) is 11.3. The molecule has 0 spiro atoms. The van der Waals surface area contributed by atoms with Gasteiger partial charge < -0.3 is 0 Å². The van der Waals surface area contributed by atoms with Gasteiger partial charge in [0.05, 0.1) is 17.3 Å². The summed E-state index contributed by atoms with van der Waals surface area (Å²) in [6.07, 6.45) is 3.47. The summed E-state index contributed by atoms with van der Waals surface area (Å²) in [6.45, 7) is 0. The van der Waals surface area contributed by atoms with Gasteiger partial charge >= 0.3 is 0 Å². The summed E-state index contributed by atoms with van der Waals surface area (Å²) in [6, 6.07) is 7.68. The van der Waals surface area contributed by atoms with E-state index in [1.807, 2.05) is 24.3 Å². The Morgan fingerprint density at radius 2 is 1.94 bits per heavy atom. The second kappa shape index (κ2) is 4.84. The minimum atomic E-state index is 0.839. The van der Waals surface area contributed by atoms with Crippen LogP contribution in [0, 0.1) is 11.8 Å². The van der Waals surface area contributed by atoms with Gasteiger partial charge in [0.1, 0.15) is 11.0 Å². The maximum Gasteiger partial charge on any atom is 0.121 e. The molecule has 5 heteroatoms. The Hall–Kier alpha value is -1.77. The highest BCUT2D eigenvalue weighted by Gasteiger charge is 2.06. The Morgan fingerprint density at radius 3 is 2.78 bits per heavy atom. The van der Waals surface area contributed by atoms with Crippen LogP contribution in [0.4, 0.5) is 0 Å². The van der Waals surface area contributed by atoms with Crippen molar-refractivity contribution in [3.05, 3.63) is 52.3 Å². The molecule has 0 aliphatic rings. The standard InChI is InChI=1S/C13H6BrN3S/c14-11-6-5-10(12-13(11)17-18-16-12)4-3-9-2-1-7-15-8-9/h1-2,5-8H. The molecular formula is C13H6BrN3S. The largest absolute Gasteiger partial charge is 0.263 e. The lowest BCUT2D eigenvalue weighted by Gasteiger charge is -1.94. The van der Waals surface area contributed by atoms with Crippen LogP contribution in [0.3, 0.4) is 0 Å². The summed E-state index contributed by atoms with van der Waals surface area (Å²) in [4.78, 5) is 4.03. The molecule has 3 nitrogen and oxygen atoms in total. The number of nitrogens with zero attached hydrogens (tertiary/aromatic N) is 3. The van der Waals surface area contributed by atoms with E-state index in [1.54, 1.807) is 12.4 Å². The molecule has 0 bridgehead atoms. The van der Waals surface area contributed by atoms with Crippen LogP contribution in [0.2, 0.25) is 0 Å². The van der Waals surface area contributed by atoms with Gasteiger partial charge in [0, 0.05) is 22.4 Å². The number of pyridine rings is 1. The predicted molar refractivity (Wildman–Crippen MR) is 75.3 cm³/mol. The predicted octanol–water partition coefficient (Wildman–Crippen LogP) is 3.25. The van der Waals surface area contributed by atoms with Crippen molar-refractivity contribution in [2.75, 3.05) is 0 Å². The van der Waals surface area contributed by atoms with E-state index in [0.717, 1.165) is 26.6 Å². The minimum Gasteiger partial charge on any atom is -0.263 e. The zero-order valence-corrected chi connectivity index (χ0v) is 11.5. The lowest BCUT2D eigenvalue weighted by molar-refractivity contribution is 1.31. The Kier molecular flexibility index (Phi) is 3.05. The van der Waals surface area contributed by atoms with Crippen LogP contribution in [0.25, 0.3) is 11.0 Å². The number of benzene rings is 1. The summed E-state index contributed by atoms with van der Waals surface area (Å²) in [7, 11) is 0. The van der Waals surface area contributed by atoms with E-state index in [-0.39, 0.29) is 0 Å². The van der Waals surface area contributed by atoms with Gasteiger partial charge in [0.15, 0.2) is 0 Å². The molecule has 86 valence electrons. The first-order valence-electron chi connectivity index (χ1n) is 5.17. The van der Waals surface area contributed by atoms with E-state index in [9.17, 15) is 0 Å². The SMILES string of the molecule is Brc1ccc(C#Cc2cccnc2)c2nsnc12. The topological polar surface area (TPSA) is 38.7 Å². The minimum absolute atomic E-state index is 0.839. The molecule has 0 saturated heterocycles. The molecule has 1 aromatic carbocycles. The maximum absolute atomic E-state index is 4.27. The molecule has 0 amide bonds. The number of aromatic nitrogens is 3. The van der Waals surface area contributed by atoms with Gasteiger partial charge in [-0.3, -0.25) is 4.98 Å². The zero-order valence-electron chi connectivity index (χ0n) is 9.09. The third-order valence-electron chi connectivity index (χ3n) is 2.37. The fraction of sp³-hybridized carbons (Fsp3) is 0. The van der Waals surface area contributed by atoms with Crippen molar-refractivity contribution in [1.82, 2.24) is 13.7 Å². The lowest BCUT2D eigenvalue weighted by atomic mass is 10.1. The van der Waals surface area contributed by atoms with Crippen molar-refractivity contribution in [1.29, 1.82) is 0 Å². The smallest absolute Gasteiger partial charge is 0.121 e. The van der Waals surface area contributed by atoms with Crippen molar-refractivity contribution in [2.45, 2.75) is 0 Å². The average molecular weight is 316 g/mol. The normalized spacial score (nSPS) is 10.1. The molecular weight excluding hydrogens is 310 g/mol. The van der Waals surface area contributed by atoms with E-state index in [4.69, 9.17) is 0 Å².